The fraction of sp³-hybridized carbons (Fsp3) is 0.167. The molecule has 0 aliphatic rings. The lowest BCUT2D eigenvalue weighted by Gasteiger charge is -2.09. The third-order valence-corrected chi connectivity index (χ3v) is 5.46. The van der Waals surface area contributed by atoms with Crippen LogP contribution in [0.5, 0.6) is 0 Å². The van der Waals surface area contributed by atoms with E-state index in [9.17, 15) is 18.0 Å². The lowest BCUT2D eigenvalue weighted by atomic mass is 10.1. The Morgan fingerprint density at radius 3 is 2.67 bits per heavy atom. The van der Waals surface area contributed by atoms with Gasteiger partial charge in [-0.3, -0.25) is 9.20 Å². The average molecular weight is 451 g/mol. The summed E-state index contributed by atoms with van der Waals surface area (Å²) in [7, 11) is -3.44. The Morgan fingerprint density at radius 2 is 1.96 bits per heavy atom. The van der Waals surface area contributed by atoms with E-state index >= 15 is 0 Å². The smallest absolute Gasteiger partial charge is 0.338 e. The molecule has 0 aliphatic heterocycles. The number of benzene rings is 1. The molecule has 0 bridgehead atoms. The standard InChI is InChI=1S/C18H15BrN2O5S/c1-11-3-5-14(27(2,24)25)8-15(11)18(23)26-10-13-7-17(22)21-9-12(19)4-6-16(21)20-13/h3-9H,10H2,1-2H3. The fourth-order valence-corrected chi connectivity index (χ4v) is 3.45. The van der Waals surface area contributed by atoms with Gasteiger partial charge in [0.05, 0.1) is 16.2 Å². The van der Waals surface area contributed by atoms with Crippen molar-refractivity contribution in [3.05, 3.63) is 74.2 Å². The first-order valence-electron chi connectivity index (χ1n) is 7.81. The third-order valence-electron chi connectivity index (χ3n) is 3.88. The van der Waals surface area contributed by atoms with Crippen LogP contribution in [-0.2, 0) is 21.2 Å². The van der Waals surface area contributed by atoms with Gasteiger partial charge in [0.2, 0.25) is 0 Å². The molecule has 27 heavy (non-hydrogen) atoms. The van der Waals surface area contributed by atoms with Gasteiger partial charge >= 0.3 is 5.97 Å². The Kier molecular flexibility index (Phi) is 5.16. The van der Waals surface area contributed by atoms with Crippen molar-refractivity contribution in [1.82, 2.24) is 9.38 Å². The van der Waals surface area contributed by atoms with Gasteiger partial charge < -0.3 is 4.74 Å². The van der Waals surface area contributed by atoms with Crippen LogP contribution in [0.3, 0.4) is 0 Å². The first-order valence-corrected chi connectivity index (χ1v) is 10.5. The summed E-state index contributed by atoms with van der Waals surface area (Å²) in [6.07, 6.45) is 2.66. The van der Waals surface area contributed by atoms with Crippen LogP contribution in [0.1, 0.15) is 21.6 Å². The van der Waals surface area contributed by atoms with Crippen LogP contribution in [0.15, 0.2) is 56.8 Å². The molecule has 2 heterocycles. The van der Waals surface area contributed by atoms with E-state index in [4.69, 9.17) is 4.74 Å². The van der Waals surface area contributed by atoms with Crippen LogP contribution < -0.4 is 5.56 Å². The second kappa shape index (κ2) is 7.24. The van der Waals surface area contributed by atoms with Gasteiger partial charge in [-0.2, -0.15) is 0 Å². The minimum atomic E-state index is -3.44. The van der Waals surface area contributed by atoms with Crippen molar-refractivity contribution in [3.63, 3.8) is 0 Å². The van der Waals surface area contributed by atoms with E-state index in [1.54, 1.807) is 31.3 Å². The highest BCUT2D eigenvalue weighted by Gasteiger charge is 2.16. The molecule has 0 amide bonds. The van der Waals surface area contributed by atoms with E-state index in [1.165, 1.54) is 22.6 Å². The highest BCUT2D eigenvalue weighted by atomic mass is 79.9. The number of sulfone groups is 1. The number of aryl methyl sites for hydroxylation is 1. The van der Waals surface area contributed by atoms with Crippen LogP contribution >= 0.6 is 15.9 Å². The molecule has 0 saturated carbocycles. The second-order valence-corrected chi connectivity index (χ2v) is 8.92. The first-order chi connectivity index (χ1) is 12.6. The summed E-state index contributed by atoms with van der Waals surface area (Å²) in [5.74, 6) is -0.684. The molecule has 3 rings (SSSR count). The molecule has 0 atom stereocenters. The molecular weight excluding hydrogens is 436 g/mol. The number of fused-ring (bicyclic) bond motifs is 1. The Balaban J connectivity index is 1.85. The van der Waals surface area contributed by atoms with E-state index in [1.807, 2.05) is 0 Å². The number of hydrogen-bond acceptors (Lipinski definition) is 6. The Labute approximate surface area is 163 Å². The summed E-state index contributed by atoms with van der Waals surface area (Å²) in [4.78, 5) is 28.9. The minimum Gasteiger partial charge on any atom is -0.456 e. The maximum absolute atomic E-state index is 12.4. The van der Waals surface area contributed by atoms with Crippen LogP contribution in [-0.4, -0.2) is 30.0 Å². The molecule has 1 aromatic carbocycles. The van der Waals surface area contributed by atoms with Gasteiger partial charge in [-0.15, -0.1) is 0 Å². The van der Waals surface area contributed by atoms with Gasteiger partial charge in [0, 0.05) is 23.0 Å². The molecule has 3 aromatic rings. The number of hydrogen-bond donors (Lipinski definition) is 0. The molecule has 0 unspecified atom stereocenters. The molecule has 2 aromatic heterocycles. The largest absolute Gasteiger partial charge is 0.456 e. The van der Waals surface area contributed by atoms with Gasteiger partial charge in [-0.25, -0.2) is 18.2 Å². The van der Waals surface area contributed by atoms with E-state index in [-0.39, 0.29) is 22.6 Å². The number of aromatic nitrogens is 2. The van der Waals surface area contributed by atoms with Crippen molar-refractivity contribution in [2.24, 2.45) is 0 Å². The summed E-state index contributed by atoms with van der Waals surface area (Å²) >= 11 is 3.29. The SMILES string of the molecule is Cc1ccc(S(C)(=O)=O)cc1C(=O)OCc1cc(=O)n2cc(Br)ccc2n1. The molecule has 0 radical (unpaired) electrons. The molecule has 0 saturated heterocycles. The number of ether oxygens (including phenoxy) is 1. The Morgan fingerprint density at radius 1 is 1.22 bits per heavy atom. The number of rotatable bonds is 4. The van der Waals surface area contributed by atoms with E-state index in [0.717, 1.165) is 10.7 Å². The maximum Gasteiger partial charge on any atom is 0.338 e. The predicted molar refractivity (Wildman–Crippen MR) is 103 cm³/mol. The molecule has 0 N–H and O–H groups in total. The summed E-state index contributed by atoms with van der Waals surface area (Å²) in [6.45, 7) is 1.48. The topological polar surface area (TPSA) is 94.8 Å². The number of pyridine rings is 1. The Bertz CT molecular complexity index is 1220. The monoisotopic (exact) mass is 450 g/mol. The van der Waals surface area contributed by atoms with Crippen molar-refractivity contribution < 1.29 is 17.9 Å². The number of carbonyl (C=O) groups is 1. The highest BCUT2D eigenvalue weighted by molar-refractivity contribution is 9.10. The summed E-state index contributed by atoms with van der Waals surface area (Å²) < 4.78 is 30.7. The molecule has 0 spiro atoms. The predicted octanol–water partition coefficient (Wildman–Crippen LogP) is 2.53. The van der Waals surface area contributed by atoms with Crippen LogP contribution in [0.2, 0.25) is 0 Å². The van der Waals surface area contributed by atoms with Gasteiger partial charge in [0.15, 0.2) is 9.84 Å². The van der Waals surface area contributed by atoms with E-state index in [2.05, 4.69) is 20.9 Å². The number of carbonyl (C=O) groups excluding carboxylic acids is 1. The van der Waals surface area contributed by atoms with E-state index < -0.39 is 15.8 Å². The number of esters is 1. The molecule has 7 nitrogen and oxygen atoms in total. The number of nitrogens with zero attached hydrogens (tertiary/aromatic N) is 2. The molecule has 0 aliphatic carbocycles. The van der Waals surface area contributed by atoms with Crippen molar-refractivity contribution in [3.8, 4) is 0 Å². The lowest BCUT2D eigenvalue weighted by Crippen LogP contribution is -2.17. The summed E-state index contributed by atoms with van der Waals surface area (Å²) in [5, 5.41) is 0. The molecule has 140 valence electrons. The third kappa shape index (κ3) is 4.25. The van der Waals surface area contributed by atoms with Gasteiger partial charge in [0.25, 0.3) is 5.56 Å². The molecular formula is C18H15BrN2O5S. The summed E-state index contributed by atoms with van der Waals surface area (Å²) in [6, 6.07) is 8.96. The zero-order chi connectivity index (χ0) is 19.8. The Hall–Kier alpha value is -2.52. The summed E-state index contributed by atoms with van der Waals surface area (Å²) in [5.41, 5.74) is 1.16. The van der Waals surface area contributed by atoms with Crippen molar-refractivity contribution in [1.29, 1.82) is 0 Å². The van der Waals surface area contributed by atoms with Crippen LogP contribution in [0.25, 0.3) is 5.65 Å². The quantitative estimate of drug-likeness (QED) is 0.566. The van der Waals surface area contributed by atoms with Crippen LogP contribution in [0.4, 0.5) is 0 Å². The number of halogens is 1. The van der Waals surface area contributed by atoms with Crippen LogP contribution in [0, 0.1) is 6.92 Å². The normalized spacial score (nSPS) is 11.5. The first kappa shape index (κ1) is 19.2. The molecule has 9 heteroatoms. The zero-order valence-corrected chi connectivity index (χ0v) is 16.9. The zero-order valence-electron chi connectivity index (χ0n) is 14.5. The van der Waals surface area contributed by atoms with Gasteiger partial charge in [-0.1, -0.05) is 6.07 Å². The van der Waals surface area contributed by atoms with Crippen molar-refractivity contribution in [2.45, 2.75) is 18.4 Å². The van der Waals surface area contributed by atoms with Crippen molar-refractivity contribution >= 4 is 37.4 Å². The van der Waals surface area contributed by atoms with Gasteiger partial charge in [0.1, 0.15) is 12.3 Å². The van der Waals surface area contributed by atoms with Gasteiger partial charge in [-0.05, 0) is 52.7 Å². The second-order valence-electron chi connectivity index (χ2n) is 5.99. The fourth-order valence-electron chi connectivity index (χ4n) is 2.47. The highest BCUT2D eigenvalue weighted by Crippen LogP contribution is 2.17. The molecule has 0 fully saturated rings. The van der Waals surface area contributed by atoms with Crippen molar-refractivity contribution in [2.75, 3.05) is 6.26 Å². The lowest BCUT2D eigenvalue weighted by molar-refractivity contribution is 0.0466. The average Bonchev–Trinajstić information content (AvgIpc) is 2.59. The van der Waals surface area contributed by atoms with E-state index in [0.29, 0.717) is 16.9 Å². The minimum absolute atomic E-state index is 0.0349. The maximum atomic E-state index is 12.4.